The van der Waals surface area contributed by atoms with Gasteiger partial charge in [0, 0.05) is 5.41 Å². The molecule has 148 valence electrons. The number of methoxy groups -OCH3 is 2. The number of aromatic hydroxyl groups is 2. The molecule has 0 amide bonds. The topological polar surface area (TPSA) is 110 Å². The zero-order chi connectivity index (χ0) is 20.7. The molecule has 2 rings (SSSR count). The molecule has 7 nitrogen and oxygen atoms in total. The molecular formula is C20H20O7S. The number of rotatable bonds is 8. The van der Waals surface area contributed by atoms with Gasteiger partial charge in [0.1, 0.15) is 5.75 Å². The van der Waals surface area contributed by atoms with Crippen LogP contribution in [-0.4, -0.2) is 44.4 Å². The molecule has 8 heteroatoms. The van der Waals surface area contributed by atoms with Crippen molar-refractivity contribution in [3.8, 4) is 23.0 Å². The number of hydrogen-bond acceptors (Lipinski definition) is 7. The summed E-state index contributed by atoms with van der Waals surface area (Å²) in [4.78, 5) is 11.9. The number of hydrogen-bond donors (Lipinski definition) is 2. The number of benzene rings is 2. The highest BCUT2D eigenvalue weighted by Crippen LogP contribution is 2.27. The van der Waals surface area contributed by atoms with Crippen LogP contribution in [0.5, 0.6) is 23.0 Å². The Bertz CT molecular complexity index is 1020. The number of sulfone groups is 1. The summed E-state index contributed by atoms with van der Waals surface area (Å²) < 4.78 is 34.0. The van der Waals surface area contributed by atoms with Crippen LogP contribution in [-0.2, 0) is 14.6 Å². The first-order valence-corrected chi connectivity index (χ1v) is 9.81. The molecule has 28 heavy (non-hydrogen) atoms. The molecule has 0 fully saturated rings. The van der Waals surface area contributed by atoms with Crippen molar-refractivity contribution in [1.82, 2.24) is 0 Å². The van der Waals surface area contributed by atoms with Gasteiger partial charge in [0.25, 0.3) is 0 Å². The van der Waals surface area contributed by atoms with E-state index in [0.717, 1.165) is 11.5 Å². The summed E-state index contributed by atoms with van der Waals surface area (Å²) in [6.07, 6.45) is 3.82. The standard InChI is InChI=1S/C20H20O7S/c1-26-19-7-4-14(11-17(19)22)3-6-16(21)13-28(24,25)10-9-15-5-8-20(27-2)18(23)12-15/h3-12,22-23H,13H2,1-2H3/b6-3+,10-9-. The van der Waals surface area contributed by atoms with E-state index in [0.29, 0.717) is 16.9 Å². The van der Waals surface area contributed by atoms with Crippen molar-refractivity contribution in [3.05, 3.63) is 59.0 Å². The first-order valence-electron chi connectivity index (χ1n) is 8.10. The SMILES string of the molecule is COc1ccc(/C=C\S(=O)(=O)CC(=O)/C=C/c2ccc(OC)c(O)c2)cc1O. The summed E-state index contributed by atoms with van der Waals surface area (Å²) in [6.45, 7) is 0. The van der Waals surface area contributed by atoms with E-state index in [1.807, 2.05) is 0 Å². The molecule has 0 saturated carbocycles. The maximum Gasteiger partial charge on any atom is 0.179 e. The summed E-state index contributed by atoms with van der Waals surface area (Å²) in [7, 11) is -0.974. The molecule has 0 saturated heterocycles. The summed E-state index contributed by atoms with van der Waals surface area (Å²) >= 11 is 0. The van der Waals surface area contributed by atoms with Crippen molar-refractivity contribution in [2.75, 3.05) is 20.0 Å². The molecule has 0 aliphatic heterocycles. The number of ketones is 1. The van der Waals surface area contributed by atoms with E-state index in [4.69, 9.17) is 9.47 Å². The van der Waals surface area contributed by atoms with E-state index in [-0.39, 0.29) is 17.2 Å². The van der Waals surface area contributed by atoms with Crippen molar-refractivity contribution in [1.29, 1.82) is 0 Å². The number of allylic oxidation sites excluding steroid dienone is 1. The van der Waals surface area contributed by atoms with Crippen LogP contribution in [0.3, 0.4) is 0 Å². The first-order chi connectivity index (χ1) is 13.2. The highest BCUT2D eigenvalue weighted by Gasteiger charge is 2.12. The van der Waals surface area contributed by atoms with Gasteiger partial charge in [-0.1, -0.05) is 18.2 Å². The fourth-order valence-electron chi connectivity index (χ4n) is 2.29. The third-order valence-corrected chi connectivity index (χ3v) is 4.92. The van der Waals surface area contributed by atoms with Crippen LogP contribution < -0.4 is 9.47 Å². The summed E-state index contributed by atoms with van der Waals surface area (Å²) in [5.41, 5.74) is 0.965. The zero-order valence-corrected chi connectivity index (χ0v) is 16.1. The van der Waals surface area contributed by atoms with Crippen LogP contribution in [0.25, 0.3) is 12.2 Å². The Hall–Kier alpha value is -3.26. The maximum atomic E-state index is 12.1. The second-order valence-electron chi connectivity index (χ2n) is 5.77. The lowest BCUT2D eigenvalue weighted by Gasteiger charge is -2.03. The van der Waals surface area contributed by atoms with Crippen molar-refractivity contribution >= 4 is 27.8 Å². The van der Waals surface area contributed by atoms with E-state index in [1.165, 1.54) is 50.6 Å². The van der Waals surface area contributed by atoms with Gasteiger partial charge in [0.05, 0.1) is 14.2 Å². The highest BCUT2D eigenvalue weighted by molar-refractivity contribution is 7.95. The highest BCUT2D eigenvalue weighted by atomic mass is 32.2. The molecule has 0 spiro atoms. The van der Waals surface area contributed by atoms with Crippen molar-refractivity contribution < 1.29 is 32.9 Å². The molecule has 0 aromatic heterocycles. The van der Waals surface area contributed by atoms with Crippen LogP contribution in [0.4, 0.5) is 0 Å². The van der Waals surface area contributed by atoms with Crippen LogP contribution in [0.2, 0.25) is 0 Å². The van der Waals surface area contributed by atoms with Gasteiger partial charge in [0.2, 0.25) is 0 Å². The van der Waals surface area contributed by atoms with Crippen molar-refractivity contribution in [2.45, 2.75) is 0 Å². The quantitative estimate of drug-likeness (QED) is 0.651. The molecule has 0 atom stereocenters. The second-order valence-corrected chi connectivity index (χ2v) is 7.66. The van der Waals surface area contributed by atoms with E-state index >= 15 is 0 Å². The fourth-order valence-corrected chi connectivity index (χ4v) is 3.24. The molecule has 2 aromatic carbocycles. The van der Waals surface area contributed by atoms with Gasteiger partial charge in [-0.3, -0.25) is 4.79 Å². The number of carbonyl (C=O) groups excluding carboxylic acids is 1. The third kappa shape index (κ3) is 5.88. The fraction of sp³-hybridized carbons (Fsp3) is 0.150. The molecule has 0 heterocycles. The van der Waals surface area contributed by atoms with E-state index in [2.05, 4.69) is 0 Å². The van der Waals surface area contributed by atoms with Crippen molar-refractivity contribution in [3.63, 3.8) is 0 Å². The second kappa shape index (κ2) is 9.09. The van der Waals surface area contributed by atoms with Crippen molar-refractivity contribution in [2.24, 2.45) is 0 Å². The number of ether oxygens (including phenoxy) is 2. The molecule has 0 bridgehead atoms. The molecule has 2 aromatic rings. The van der Waals surface area contributed by atoms with Crippen LogP contribution in [0, 0.1) is 0 Å². The molecule has 0 radical (unpaired) electrons. The van der Waals surface area contributed by atoms with E-state index in [1.54, 1.807) is 12.1 Å². The van der Waals surface area contributed by atoms with Gasteiger partial charge in [-0.05, 0) is 47.5 Å². The van der Waals surface area contributed by atoms with Gasteiger partial charge in [-0.15, -0.1) is 0 Å². The Labute approximate surface area is 163 Å². The Kier molecular flexibility index (Phi) is 6.84. The van der Waals surface area contributed by atoms with Gasteiger partial charge in [-0.25, -0.2) is 8.42 Å². The average Bonchev–Trinajstić information content (AvgIpc) is 2.64. The molecule has 0 aliphatic carbocycles. The Morgan fingerprint density at radius 3 is 1.89 bits per heavy atom. The number of phenolic OH excluding ortho intramolecular Hbond substituents is 2. The lowest BCUT2D eigenvalue weighted by atomic mass is 10.2. The minimum Gasteiger partial charge on any atom is -0.504 e. The predicted octanol–water partition coefficient (Wildman–Crippen LogP) is 2.78. The largest absolute Gasteiger partial charge is 0.504 e. The minimum absolute atomic E-state index is 0.0876. The third-order valence-electron chi connectivity index (χ3n) is 3.68. The normalized spacial score (nSPS) is 11.8. The maximum absolute atomic E-state index is 12.1. The predicted molar refractivity (Wildman–Crippen MR) is 106 cm³/mol. The number of phenols is 2. The summed E-state index contributed by atoms with van der Waals surface area (Å²) in [5.74, 6) is -0.966. The lowest BCUT2D eigenvalue weighted by Crippen LogP contribution is -2.11. The van der Waals surface area contributed by atoms with Crippen LogP contribution in [0.15, 0.2) is 47.9 Å². The summed E-state index contributed by atoms with van der Waals surface area (Å²) in [6, 6.07) is 8.97. The van der Waals surface area contributed by atoms with E-state index < -0.39 is 21.4 Å². The summed E-state index contributed by atoms with van der Waals surface area (Å²) in [5, 5.41) is 20.3. The Morgan fingerprint density at radius 1 is 0.929 bits per heavy atom. The van der Waals surface area contributed by atoms with Crippen LogP contribution in [0.1, 0.15) is 11.1 Å². The van der Waals surface area contributed by atoms with Gasteiger partial charge < -0.3 is 19.7 Å². The molecule has 2 N–H and O–H groups in total. The minimum atomic E-state index is -3.79. The smallest absolute Gasteiger partial charge is 0.179 e. The van der Waals surface area contributed by atoms with Crippen LogP contribution >= 0.6 is 0 Å². The van der Waals surface area contributed by atoms with Gasteiger partial charge in [-0.2, -0.15) is 0 Å². The molecular weight excluding hydrogens is 384 g/mol. The van der Waals surface area contributed by atoms with Gasteiger partial charge >= 0.3 is 0 Å². The Morgan fingerprint density at radius 2 is 1.43 bits per heavy atom. The first kappa shape index (κ1) is 21.0. The lowest BCUT2D eigenvalue weighted by molar-refractivity contribution is -0.112. The zero-order valence-electron chi connectivity index (χ0n) is 15.3. The average molecular weight is 404 g/mol. The Balaban J connectivity index is 2.03. The van der Waals surface area contributed by atoms with Gasteiger partial charge in [0.15, 0.2) is 38.6 Å². The number of carbonyl (C=O) groups is 1. The monoisotopic (exact) mass is 404 g/mol. The molecule has 0 aliphatic rings. The molecule has 0 unspecified atom stereocenters. The van der Waals surface area contributed by atoms with E-state index in [9.17, 15) is 23.4 Å².